The SMILES string of the molecule is CO[C@@]1(CO)/C=C/C[C@H](C)[C@@H](Cc2ccccc2)S(=O)(=O)NC(=O)c2ccc3c(c2)N(C[C@@H]2CC[C@H]21)C[C@@]1(CCCc2cc(Cl)ccc21)CO3. The quantitative estimate of drug-likeness (QED) is 0.298. The molecule has 50 heavy (non-hydrogen) atoms. The van der Waals surface area contributed by atoms with Crippen LogP contribution < -0.4 is 14.4 Å². The van der Waals surface area contributed by atoms with Crippen LogP contribution in [0.3, 0.4) is 0 Å². The molecule has 10 heteroatoms. The van der Waals surface area contributed by atoms with E-state index < -0.39 is 26.8 Å². The van der Waals surface area contributed by atoms with Gasteiger partial charge in [0, 0.05) is 36.2 Å². The second-order valence-corrected chi connectivity index (χ2v) is 17.2. The number of anilines is 1. The van der Waals surface area contributed by atoms with Gasteiger partial charge < -0.3 is 19.5 Å². The monoisotopic (exact) mass is 718 g/mol. The molecule has 2 aliphatic carbocycles. The van der Waals surface area contributed by atoms with Crippen LogP contribution in [-0.2, 0) is 33.0 Å². The summed E-state index contributed by atoms with van der Waals surface area (Å²) in [6.45, 7) is 3.52. The number of carbonyl (C=O) groups is 1. The second kappa shape index (κ2) is 14.0. The summed E-state index contributed by atoms with van der Waals surface area (Å²) in [6, 6.07) is 20.9. The Morgan fingerprint density at radius 3 is 2.66 bits per heavy atom. The summed E-state index contributed by atoms with van der Waals surface area (Å²) in [6.07, 6.45) is 9.37. The van der Waals surface area contributed by atoms with Gasteiger partial charge in [0.15, 0.2) is 0 Å². The summed E-state index contributed by atoms with van der Waals surface area (Å²) in [4.78, 5) is 16.2. The van der Waals surface area contributed by atoms with Crippen molar-refractivity contribution >= 4 is 33.2 Å². The molecular formula is C40H47ClN2O6S. The number of allylic oxidation sites excluding steroid dienone is 1. The van der Waals surface area contributed by atoms with E-state index >= 15 is 0 Å². The van der Waals surface area contributed by atoms with Crippen molar-refractivity contribution in [2.75, 3.05) is 38.3 Å². The lowest BCUT2D eigenvalue weighted by Gasteiger charge is -2.50. The lowest BCUT2D eigenvalue weighted by molar-refractivity contribution is -0.103. The van der Waals surface area contributed by atoms with Gasteiger partial charge in [-0.05, 0) is 110 Å². The van der Waals surface area contributed by atoms with Gasteiger partial charge in [-0.15, -0.1) is 0 Å². The summed E-state index contributed by atoms with van der Waals surface area (Å²) in [5.41, 5.74) is 3.17. The van der Waals surface area contributed by atoms with Crippen LogP contribution >= 0.6 is 11.6 Å². The van der Waals surface area contributed by atoms with E-state index in [0.29, 0.717) is 31.9 Å². The van der Waals surface area contributed by atoms with Crippen molar-refractivity contribution in [3.8, 4) is 5.75 Å². The first-order valence-electron chi connectivity index (χ1n) is 17.8. The average Bonchev–Trinajstić information content (AvgIpc) is 3.24. The number of nitrogens with zero attached hydrogens (tertiary/aromatic N) is 1. The molecule has 8 nitrogen and oxygen atoms in total. The molecule has 3 aromatic rings. The van der Waals surface area contributed by atoms with Gasteiger partial charge >= 0.3 is 0 Å². The Labute approximate surface area is 300 Å². The summed E-state index contributed by atoms with van der Waals surface area (Å²) >= 11 is 6.45. The number of fused-ring (bicyclic) bond motifs is 4. The third-order valence-corrected chi connectivity index (χ3v) is 14.0. The van der Waals surface area contributed by atoms with Crippen LogP contribution in [0.4, 0.5) is 5.69 Å². The van der Waals surface area contributed by atoms with Crippen molar-refractivity contribution in [2.45, 2.75) is 68.1 Å². The Morgan fingerprint density at radius 1 is 1.10 bits per heavy atom. The number of benzene rings is 3. The number of aliphatic hydroxyl groups is 1. The number of methoxy groups -OCH3 is 1. The lowest BCUT2D eigenvalue weighted by Crippen LogP contribution is -2.54. The molecule has 2 aliphatic heterocycles. The molecule has 2 heterocycles. The highest BCUT2D eigenvalue weighted by Gasteiger charge is 2.49. The number of aryl methyl sites for hydroxylation is 1. The van der Waals surface area contributed by atoms with Crippen LogP contribution in [0.15, 0.2) is 78.9 Å². The Hall–Kier alpha value is -3.37. The predicted molar refractivity (Wildman–Crippen MR) is 196 cm³/mol. The van der Waals surface area contributed by atoms with Gasteiger partial charge in [-0.2, -0.15) is 0 Å². The maximum atomic E-state index is 14.1. The van der Waals surface area contributed by atoms with Gasteiger partial charge in [-0.1, -0.05) is 67.1 Å². The van der Waals surface area contributed by atoms with E-state index in [1.807, 2.05) is 55.5 Å². The number of hydrogen-bond donors (Lipinski definition) is 2. The zero-order valence-corrected chi connectivity index (χ0v) is 30.4. The molecule has 2 N–H and O–H groups in total. The van der Waals surface area contributed by atoms with E-state index in [2.05, 4.69) is 21.8 Å². The maximum Gasteiger partial charge on any atom is 0.264 e. The summed E-state index contributed by atoms with van der Waals surface area (Å²) in [5.74, 6) is -0.0757. The standard InChI is InChI=1S/C40H47ClN2O6S/c1-27-8-6-19-40(25-44,48-2)34-15-12-31(34)23-43-24-39(18-7-11-29-21-32(41)14-16-33(29)39)26-49-36-17-13-30(22-35(36)43)38(45)42-50(46,47)37(27)20-28-9-4-3-5-10-28/h3-6,9-10,13-14,16-17,19,21-22,27,31,34,37,44H,7-8,11-12,15,18,20,23-26H2,1-2H3,(H,42,45)/b19-6+/t27-,31-,34+,37+,39-,40+/m0/s1. The first-order valence-corrected chi connectivity index (χ1v) is 19.7. The Bertz CT molecular complexity index is 1860. The number of hydrogen-bond acceptors (Lipinski definition) is 7. The van der Waals surface area contributed by atoms with Crippen molar-refractivity contribution in [2.24, 2.45) is 17.8 Å². The van der Waals surface area contributed by atoms with Gasteiger partial charge in [0.2, 0.25) is 10.0 Å². The number of amides is 1. The predicted octanol–water partition coefficient (Wildman–Crippen LogP) is 6.48. The number of nitrogens with one attached hydrogen (secondary N) is 1. The molecule has 2 bridgehead atoms. The molecule has 3 aromatic carbocycles. The molecule has 0 unspecified atom stereocenters. The van der Waals surface area contributed by atoms with Crippen molar-refractivity contribution in [1.29, 1.82) is 0 Å². The molecular weight excluding hydrogens is 672 g/mol. The van der Waals surface area contributed by atoms with Crippen molar-refractivity contribution in [1.82, 2.24) is 4.72 Å². The first-order chi connectivity index (χ1) is 24.1. The Kier molecular flexibility index (Phi) is 9.80. The highest BCUT2D eigenvalue weighted by Crippen LogP contribution is 2.49. The number of ether oxygens (including phenoxy) is 2. The molecule has 6 atom stereocenters. The van der Waals surface area contributed by atoms with Crippen LogP contribution in [0.2, 0.25) is 5.02 Å². The van der Waals surface area contributed by atoms with Crippen LogP contribution in [0.25, 0.3) is 0 Å². The minimum atomic E-state index is -4.12. The fourth-order valence-corrected chi connectivity index (χ4v) is 10.8. The molecule has 1 saturated carbocycles. The van der Waals surface area contributed by atoms with Crippen molar-refractivity contribution in [3.05, 3.63) is 106 Å². The number of aliphatic hydroxyl groups excluding tert-OH is 1. The fourth-order valence-electron chi connectivity index (χ4n) is 8.91. The summed E-state index contributed by atoms with van der Waals surface area (Å²) < 4.78 is 43.4. The van der Waals surface area contributed by atoms with Crippen LogP contribution in [-0.4, -0.2) is 63.7 Å². The van der Waals surface area contributed by atoms with Crippen LogP contribution in [0.5, 0.6) is 5.75 Å². The van der Waals surface area contributed by atoms with E-state index in [-0.39, 0.29) is 41.8 Å². The summed E-state index contributed by atoms with van der Waals surface area (Å²) in [5, 5.41) is 10.7. The first kappa shape index (κ1) is 35.1. The van der Waals surface area contributed by atoms with E-state index in [1.54, 1.807) is 25.3 Å². The van der Waals surface area contributed by atoms with Gasteiger partial charge in [0.25, 0.3) is 5.91 Å². The molecule has 266 valence electrons. The van der Waals surface area contributed by atoms with Gasteiger partial charge in [-0.25, -0.2) is 13.1 Å². The number of carbonyl (C=O) groups excluding carboxylic acids is 1. The molecule has 0 radical (unpaired) electrons. The smallest absolute Gasteiger partial charge is 0.264 e. The zero-order chi connectivity index (χ0) is 35.1. The number of sulfonamides is 1. The topological polar surface area (TPSA) is 105 Å². The highest BCUT2D eigenvalue weighted by molar-refractivity contribution is 7.90. The van der Waals surface area contributed by atoms with Gasteiger partial charge in [0.05, 0.1) is 24.2 Å². The minimum Gasteiger partial charge on any atom is -0.490 e. The molecule has 1 spiro atoms. The Morgan fingerprint density at radius 2 is 1.92 bits per heavy atom. The average molecular weight is 719 g/mol. The summed E-state index contributed by atoms with van der Waals surface area (Å²) in [7, 11) is -2.47. The molecule has 1 fully saturated rings. The lowest BCUT2D eigenvalue weighted by atomic mass is 9.64. The largest absolute Gasteiger partial charge is 0.490 e. The van der Waals surface area contributed by atoms with Crippen LogP contribution in [0, 0.1) is 17.8 Å². The number of halogens is 1. The van der Waals surface area contributed by atoms with Crippen molar-refractivity contribution in [3.63, 3.8) is 0 Å². The molecule has 0 aromatic heterocycles. The van der Waals surface area contributed by atoms with E-state index in [4.69, 9.17) is 21.1 Å². The van der Waals surface area contributed by atoms with E-state index in [1.165, 1.54) is 11.1 Å². The zero-order valence-electron chi connectivity index (χ0n) is 28.8. The van der Waals surface area contributed by atoms with Crippen LogP contribution in [0.1, 0.15) is 66.1 Å². The second-order valence-electron chi connectivity index (χ2n) is 14.9. The maximum absolute atomic E-state index is 14.1. The number of rotatable bonds is 4. The third-order valence-electron chi connectivity index (χ3n) is 11.9. The van der Waals surface area contributed by atoms with E-state index in [9.17, 15) is 18.3 Å². The molecule has 0 saturated heterocycles. The molecule has 4 aliphatic rings. The third kappa shape index (κ3) is 6.58. The highest BCUT2D eigenvalue weighted by atomic mass is 35.5. The minimum absolute atomic E-state index is 0.0494. The fraction of sp³-hybridized carbons (Fsp3) is 0.475. The van der Waals surface area contributed by atoms with Gasteiger partial charge in [0.1, 0.15) is 11.4 Å². The normalized spacial score (nSPS) is 31.3. The molecule has 7 rings (SSSR count). The van der Waals surface area contributed by atoms with Crippen molar-refractivity contribution < 1.29 is 27.8 Å². The molecule has 1 amide bonds. The Balaban J connectivity index is 1.32. The van der Waals surface area contributed by atoms with E-state index in [0.717, 1.165) is 48.4 Å². The van der Waals surface area contributed by atoms with Gasteiger partial charge in [-0.3, -0.25) is 4.79 Å².